The summed E-state index contributed by atoms with van der Waals surface area (Å²) in [6.45, 7) is 4.58. The molecular weight excluding hydrogens is 309 g/mol. The molecule has 0 fully saturated rings. The highest BCUT2D eigenvalue weighted by Gasteiger charge is 2.12. The summed E-state index contributed by atoms with van der Waals surface area (Å²) in [4.78, 5) is 1.03. The van der Waals surface area contributed by atoms with E-state index in [1.54, 1.807) is 30.8 Å². The Kier molecular flexibility index (Phi) is 8.29. The summed E-state index contributed by atoms with van der Waals surface area (Å²) < 4.78 is 35.8. The lowest BCUT2D eigenvalue weighted by molar-refractivity contribution is 0.527. The molecule has 6 heteroatoms. The summed E-state index contributed by atoms with van der Waals surface area (Å²) in [6, 6.07) is 6.73. The molecule has 0 saturated carbocycles. The molecule has 1 aromatic carbocycles. The Hall–Kier alpha value is -0.590. The van der Waals surface area contributed by atoms with Gasteiger partial charge in [-0.05, 0) is 43.7 Å². The van der Waals surface area contributed by atoms with Gasteiger partial charge in [0.1, 0.15) is 15.7 Å². The van der Waals surface area contributed by atoms with Crippen LogP contribution in [-0.4, -0.2) is 38.3 Å². The van der Waals surface area contributed by atoms with Crippen molar-refractivity contribution < 1.29 is 12.8 Å². The van der Waals surface area contributed by atoms with Crippen molar-refractivity contribution >= 4 is 21.6 Å². The largest absolute Gasteiger partial charge is 0.313 e. The Balaban J connectivity index is 2.40. The van der Waals surface area contributed by atoms with E-state index in [-0.39, 0.29) is 23.4 Å². The van der Waals surface area contributed by atoms with Gasteiger partial charge < -0.3 is 5.32 Å². The van der Waals surface area contributed by atoms with E-state index in [4.69, 9.17) is 0 Å². The van der Waals surface area contributed by atoms with Crippen LogP contribution in [0.25, 0.3) is 0 Å². The fourth-order valence-electron chi connectivity index (χ4n) is 1.95. The van der Waals surface area contributed by atoms with E-state index in [2.05, 4.69) is 5.32 Å². The first kappa shape index (κ1) is 18.5. The second kappa shape index (κ2) is 9.43. The van der Waals surface area contributed by atoms with Crippen molar-refractivity contribution in [3.63, 3.8) is 0 Å². The Labute approximate surface area is 131 Å². The minimum atomic E-state index is -2.88. The molecule has 0 radical (unpaired) electrons. The van der Waals surface area contributed by atoms with Gasteiger partial charge in [-0.25, -0.2) is 12.8 Å². The molecule has 0 aromatic heterocycles. The maximum atomic E-state index is 12.8. The highest BCUT2D eigenvalue weighted by atomic mass is 32.2. The predicted molar refractivity (Wildman–Crippen MR) is 88.2 cm³/mol. The molecule has 0 saturated heterocycles. The van der Waals surface area contributed by atoms with E-state index in [0.29, 0.717) is 6.42 Å². The van der Waals surface area contributed by atoms with E-state index >= 15 is 0 Å². The third-order valence-corrected chi connectivity index (χ3v) is 6.17. The summed E-state index contributed by atoms with van der Waals surface area (Å²) in [7, 11) is -2.88. The van der Waals surface area contributed by atoms with Crippen LogP contribution in [0.5, 0.6) is 0 Å². The van der Waals surface area contributed by atoms with Gasteiger partial charge in [0.25, 0.3) is 0 Å². The van der Waals surface area contributed by atoms with Gasteiger partial charge in [0.05, 0.1) is 5.75 Å². The molecular formula is C15H24FNO2S2. The van der Waals surface area contributed by atoms with Crippen LogP contribution in [-0.2, 0) is 9.84 Å². The SMILES string of the molecule is CCNC(CCCS(=O)(=O)CC)CSc1ccc(F)cc1. The summed E-state index contributed by atoms with van der Waals surface area (Å²) in [5, 5.41) is 3.38. The van der Waals surface area contributed by atoms with Gasteiger partial charge in [0.15, 0.2) is 0 Å². The van der Waals surface area contributed by atoms with Crippen molar-refractivity contribution in [2.45, 2.75) is 37.6 Å². The zero-order chi connectivity index (χ0) is 15.7. The summed E-state index contributed by atoms with van der Waals surface area (Å²) in [5.41, 5.74) is 0. The Morgan fingerprint density at radius 2 is 1.90 bits per heavy atom. The minimum Gasteiger partial charge on any atom is -0.313 e. The molecule has 1 rings (SSSR count). The number of benzene rings is 1. The number of nitrogens with one attached hydrogen (secondary N) is 1. The Morgan fingerprint density at radius 1 is 1.24 bits per heavy atom. The van der Waals surface area contributed by atoms with E-state index < -0.39 is 9.84 Å². The van der Waals surface area contributed by atoms with E-state index in [0.717, 1.165) is 23.6 Å². The van der Waals surface area contributed by atoms with Crippen molar-refractivity contribution in [2.24, 2.45) is 0 Å². The first-order valence-electron chi connectivity index (χ1n) is 7.29. The quantitative estimate of drug-likeness (QED) is 0.668. The number of hydrogen-bond acceptors (Lipinski definition) is 4. The number of sulfone groups is 1. The van der Waals surface area contributed by atoms with Crippen molar-refractivity contribution in [3.8, 4) is 0 Å². The molecule has 0 amide bonds. The van der Waals surface area contributed by atoms with Gasteiger partial charge in [-0.1, -0.05) is 13.8 Å². The van der Waals surface area contributed by atoms with Crippen LogP contribution in [0.4, 0.5) is 4.39 Å². The number of rotatable bonds is 10. The molecule has 0 aliphatic heterocycles. The number of hydrogen-bond donors (Lipinski definition) is 1. The second-order valence-electron chi connectivity index (χ2n) is 4.90. The fraction of sp³-hybridized carbons (Fsp3) is 0.600. The van der Waals surface area contributed by atoms with E-state index in [1.807, 2.05) is 6.92 Å². The lowest BCUT2D eigenvalue weighted by Gasteiger charge is -2.17. The van der Waals surface area contributed by atoms with Gasteiger partial charge in [-0.3, -0.25) is 0 Å². The van der Waals surface area contributed by atoms with Gasteiger partial charge in [-0.15, -0.1) is 11.8 Å². The zero-order valence-corrected chi connectivity index (χ0v) is 14.3. The molecule has 3 nitrogen and oxygen atoms in total. The molecule has 0 aliphatic carbocycles. The molecule has 0 heterocycles. The van der Waals surface area contributed by atoms with Crippen molar-refractivity contribution in [1.82, 2.24) is 5.32 Å². The van der Waals surface area contributed by atoms with Crippen LogP contribution < -0.4 is 5.32 Å². The summed E-state index contributed by atoms with van der Waals surface area (Å²) >= 11 is 1.66. The molecule has 1 N–H and O–H groups in total. The smallest absolute Gasteiger partial charge is 0.150 e. The molecule has 0 aliphatic rings. The number of thioether (sulfide) groups is 1. The van der Waals surface area contributed by atoms with Gasteiger partial charge in [-0.2, -0.15) is 0 Å². The van der Waals surface area contributed by atoms with E-state index in [9.17, 15) is 12.8 Å². The van der Waals surface area contributed by atoms with Gasteiger partial charge in [0.2, 0.25) is 0 Å². The normalized spacial score (nSPS) is 13.3. The van der Waals surface area contributed by atoms with Crippen LogP contribution in [0.1, 0.15) is 26.7 Å². The maximum Gasteiger partial charge on any atom is 0.150 e. The molecule has 1 unspecified atom stereocenters. The standard InChI is InChI=1S/C15H24FNO2S2/c1-3-17-14(6-5-11-21(18,19)4-2)12-20-15-9-7-13(16)8-10-15/h7-10,14,17H,3-6,11-12H2,1-2H3. The molecule has 1 aromatic rings. The molecule has 0 bridgehead atoms. The zero-order valence-electron chi connectivity index (χ0n) is 12.6. The first-order valence-corrected chi connectivity index (χ1v) is 10.1. The average molecular weight is 333 g/mol. The van der Waals surface area contributed by atoms with Crippen LogP contribution >= 0.6 is 11.8 Å². The number of halogens is 1. The maximum absolute atomic E-state index is 12.8. The van der Waals surface area contributed by atoms with Gasteiger partial charge in [0, 0.05) is 22.4 Å². The molecule has 1 atom stereocenters. The average Bonchev–Trinajstić information content (AvgIpc) is 2.46. The van der Waals surface area contributed by atoms with Crippen LogP contribution in [0.2, 0.25) is 0 Å². The highest BCUT2D eigenvalue weighted by molar-refractivity contribution is 7.99. The van der Waals surface area contributed by atoms with Crippen LogP contribution in [0, 0.1) is 5.82 Å². The van der Waals surface area contributed by atoms with Crippen molar-refractivity contribution in [2.75, 3.05) is 23.8 Å². The molecule has 120 valence electrons. The Morgan fingerprint density at radius 3 is 2.48 bits per heavy atom. The highest BCUT2D eigenvalue weighted by Crippen LogP contribution is 2.20. The van der Waals surface area contributed by atoms with Crippen LogP contribution in [0.3, 0.4) is 0 Å². The predicted octanol–water partition coefficient (Wildman–Crippen LogP) is 3.11. The molecule has 21 heavy (non-hydrogen) atoms. The third kappa shape index (κ3) is 7.83. The third-order valence-electron chi connectivity index (χ3n) is 3.21. The van der Waals surface area contributed by atoms with Gasteiger partial charge >= 0.3 is 0 Å². The monoisotopic (exact) mass is 333 g/mol. The fourth-order valence-corrected chi connectivity index (χ4v) is 3.86. The van der Waals surface area contributed by atoms with E-state index in [1.165, 1.54) is 12.1 Å². The van der Waals surface area contributed by atoms with Crippen LogP contribution in [0.15, 0.2) is 29.2 Å². The lowest BCUT2D eigenvalue weighted by Crippen LogP contribution is -2.31. The minimum absolute atomic E-state index is 0.212. The lowest BCUT2D eigenvalue weighted by atomic mass is 10.2. The first-order chi connectivity index (χ1) is 9.96. The Bertz CT molecular complexity index is 503. The second-order valence-corrected chi connectivity index (χ2v) is 8.46. The summed E-state index contributed by atoms with van der Waals surface area (Å²) in [6.07, 6.45) is 1.51. The molecule has 0 spiro atoms. The van der Waals surface area contributed by atoms with Crippen molar-refractivity contribution in [1.29, 1.82) is 0 Å². The topological polar surface area (TPSA) is 46.2 Å². The summed E-state index contributed by atoms with van der Waals surface area (Å²) in [5.74, 6) is 1.09. The van der Waals surface area contributed by atoms with Crippen molar-refractivity contribution in [3.05, 3.63) is 30.1 Å².